The van der Waals surface area contributed by atoms with E-state index in [-0.39, 0.29) is 5.91 Å². The smallest absolute Gasteiger partial charge is 0.273 e. The average molecular weight is 324 g/mol. The van der Waals surface area contributed by atoms with E-state index in [2.05, 4.69) is 27.8 Å². The molecule has 0 radical (unpaired) electrons. The second-order valence-corrected chi connectivity index (χ2v) is 6.51. The Hall–Kier alpha value is -2.43. The molecule has 1 N–H and O–H groups in total. The van der Waals surface area contributed by atoms with Gasteiger partial charge in [-0.3, -0.25) is 4.79 Å². The third-order valence-electron chi connectivity index (χ3n) is 4.31. The maximum atomic E-state index is 12.2. The van der Waals surface area contributed by atoms with Gasteiger partial charge in [-0.15, -0.1) is 5.10 Å². The van der Waals surface area contributed by atoms with Crippen LogP contribution >= 0.6 is 0 Å². The molecule has 5 nitrogen and oxygen atoms in total. The zero-order valence-electron chi connectivity index (χ0n) is 14.4. The van der Waals surface area contributed by atoms with Crippen LogP contribution in [-0.4, -0.2) is 27.4 Å². The summed E-state index contributed by atoms with van der Waals surface area (Å²) in [7, 11) is 0. The predicted molar refractivity (Wildman–Crippen MR) is 94.3 cm³/mol. The van der Waals surface area contributed by atoms with E-state index in [1.807, 2.05) is 26.0 Å². The second-order valence-electron chi connectivity index (χ2n) is 6.51. The summed E-state index contributed by atoms with van der Waals surface area (Å²) < 4.78 is 1.65. The van der Waals surface area contributed by atoms with E-state index < -0.39 is 0 Å². The van der Waals surface area contributed by atoms with Crippen molar-refractivity contribution in [2.45, 2.75) is 46.0 Å². The Bertz CT molecular complexity index is 740. The predicted octanol–water partition coefficient (Wildman–Crippen LogP) is 3.50. The Morgan fingerprint density at radius 3 is 2.71 bits per heavy atom. The molecule has 0 atom stereocenters. The molecule has 1 heterocycles. The Balaban J connectivity index is 1.60. The molecule has 5 heteroatoms. The van der Waals surface area contributed by atoms with Crippen LogP contribution in [0.25, 0.3) is 5.69 Å². The Labute approximate surface area is 142 Å². The van der Waals surface area contributed by atoms with Crippen molar-refractivity contribution in [3.05, 3.63) is 52.9 Å². The van der Waals surface area contributed by atoms with Crippen LogP contribution in [0.2, 0.25) is 0 Å². The number of hydrogen-bond donors (Lipinski definition) is 1. The van der Waals surface area contributed by atoms with Gasteiger partial charge in [0, 0.05) is 6.54 Å². The van der Waals surface area contributed by atoms with Crippen molar-refractivity contribution in [2.75, 3.05) is 6.54 Å². The van der Waals surface area contributed by atoms with Gasteiger partial charge < -0.3 is 5.32 Å². The van der Waals surface area contributed by atoms with E-state index in [1.54, 1.807) is 10.9 Å². The van der Waals surface area contributed by atoms with Gasteiger partial charge in [0.05, 0.1) is 11.9 Å². The molecule has 24 heavy (non-hydrogen) atoms. The van der Waals surface area contributed by atoms with Crippen LogP contribution < -0.4 is 5.32 Å². The fourth-order valence-electron chi connectivity index (χ4n) is 3.14. The zero-order chi connectivity index (χ0) is 16.9. The summed E-state index contributed by atoms with van der Waals surface area (Å²) in [5, 5.41) is 11.0. The van der Waals surface area contributed by atoms with Crippen molar-refractivity contribution in [2.24, 2.45) is 0 Å². The van der Waals surface area contributed by atoms with Crippen molar-refractivity contribution < 1.29 is 4.79 Å². The van der Waals surface area contributed by atoms with Gasteiger partial charge in [-0.25, -0.2) is 4.68 Å². The lowest BCUT2D eigenvalue weighted by Gasteiger charge is -2.12. The molecule has 0 fully saturated rings. The number of nitrogens with zero attached hydrogens (tertiary/aromatic N) is 3. The van der Waals surface area contributed by atoms with Crippen molar-refractivity contribution in [1.82, 2.24) is 20.3 Å². The normalized spacial score (nSPS) is 14.3. The lowest BCUT2D eigenvalue weighted by molar-refractivity contribution is 0.0949. The molecule has 1 amide bonds. The summed E-state index contributed by atoms with van der Waals surface area (Å²) >= 11 is 0. The number of amides is 1. The number of carbonyl (C=O) groups excluding carboxylic acids is 1. The molecule has 1 aromatic heterocycles. The molecule has 0 saturated heterocycles. The van der Waals surface area contributed by atoms with E-state index in [4.69, 9.17) is 0 Å². The van der Waals surface area contributed by atoms with Crippen LogP contribution in [0.4, 0.5) is 0 Å². The third kappa shape index (κ3) is 4.10. The number of benzene rings is 1. The number of aromatic nitrogens is 3. The number of rotatable bonds is 5. The first-order chi connectivity index (χ1) is 11.6. The summed E-state index contributed by atoms with van der Waals surface area (Å²) in [5.41, 5.74) is 5.05. The molecule has 126 valence electrons. The van der Waals surface area contributed by atoms with E-state index in [1.165, 1.54) is 31.3 Å². The Kier molecular flexibility index (Phi) is 5.08. The van der Waals surface area contributed by atoms with Gasteiger partial charge in [-0.2, -0.15) is 0 Å². The summed E-state index contributed by atoms with van der Waals surface area (Å²) in [6, 6.07) is 6.16. The largest absolute Gasteiger partial charge is 0.350 e. The van der Waals surface area contributed by atoms with Gasteiger partial charge in [0.1, 0.15) is 0 Å². The van der Waals surface area contributed by atoms with Gasteiger partial charge >= 0.3 is 0 Å². The summed E-state index contributed by atoms with van der Waals surface area (Å²) in [4.78, 5) is 12.2. The first kappa shape index (κ1) is 16.4. The fraction of sp³-hybridized carbons (Fsp3) is 0.421. The van der Waals surface area contributed by atoms with E-state index in [0.29, 0.717) is 12.2 Å². The lowest BCUT2D eigenvalue weighted by Crippen LogP contribution is -2.25. The molecule has 0 saturated carbocycles. The van der Waals surface area contributed by atoms with Gasteiger partial charge in [0.2, 0.25) is 0 Å². The summed E-state index contributed by atoms with van der Waals surface area (Å²) in [5.74, 6) is -0.165. The molecular weight excluding hydrogens is 300 g/mol. The van der Waals surface area contributed by atoms with Crippen molar-refractivity contribution >= 4 is 5.91 Å². The van der Waals surface area contributed by atoms with Gasteiger partial charge in [-0.1, -0.05) is 22.9 Å². The number of hydrogen-bond acceptors (Lipinski definition) is 3. The van der Waals surface area contributed by atoms with Crippen LogP contribution in [0.15, 0.2) is 36.0 Å². The molecule has 3 rings (SSSR count). The molecule has 0 aliphatic heterocycles. The van der Waals surface area contributed by atoms with E-state index in [0.717, 1.165) is 23.2 Å². The van der Waals surface area contributed by atoms with E-state index >= 15 is 0 Å². The van der Waals surface area contributed by atoms with Crippen LogP contribution in [0.1, 0.15) is 53.7 Å². The molecule has 2 aromatic rings. The highest BCUT2D eigenvalue weighted by Gasteiger charge is 2.12. The third-order valence-corrected chi connectivity index (χ3v) is 4.31. The molecule has 1 aliphatic carbocycles. The van der Waals surface area contributed by atoms with E-state index in [9.17, 15) is 4.79 Å². The fourth-order valence-corrected chi connectivity index (χ4v) is 3.14. The molecular formula is C19H24N4O. The van der Waals surface area contributed by atoms with Crippen LogP contribution in [0.3, 0.4) is 0 Å². The summed E-state index contributed by atoms with van der Waals surface area (Å²) in [6.45, 7) is 4.74. The number of aryl methyl sites for hydroxylation is 2. The topological polar surface area (TPSA) is 59.8 Å². The van der Waals surface area contributed by atoms with Crippen LogP contribution in [0, 0.1) is 13.8 Å². The quantitative estimate of drug-likeness (QED) is 0.856. The number of allylic oxidation sites excluding steroid dienone is 1. The van der Waals surface area contributed by atoms with Crippen molar-refractivity contribution in [1.29, 1.82) is 0 Å². The van der Waals surface area contributed by atoms with Crippen molar-refractivity contribution in [3.8, 4) is 5.69 Å². The minimum Gasteiger partial charge on any atom is -0.350 e. The van der Waals surface area contributed by atoms with Crippen molar-refractivity contribution in [3.63, 3.8) is 0 Å². The summed E-state index contributed by atoms with van der Waals surface area (Å²) in [6.07, 6.45) is 9.82. The van der Waals surface area contributed by atoms with Crippen LogP contribution in [-0.2, 0) is 0 Å². The number of carbonyl (C=O) groups is 1. The average Bonchev–Trinajstić information content (AvgIpc) is 3.05. The Morgan fingerprint density at radius 2 is 2.00 bits per heavy atom. The highest BCUT2D eigenvalue weighted by Crippen LogP contribution is 2.19. The number of nitrogens with one attached hydrogen (secondary N) is 1. The van der Waals surface area contributed by atoms with Gasteiger partial charge in [0.15, 0.2) is 5.69 Å². The molecule has 0 unspecified atom stereocenters. The highest BCUT2D eigenvalue weighted by molar-refractivity contribution is 5.91. The van der Waals surface area contributed by atoms with Gasteiger partial charge in [-0.05, 0) is 69.2 Å². The molecule has 0 bridgehead atoms. The maximum Gasteiger partial charge on any atom is 0.273 e. The van der Waals surface area contributed by atoms with Crippen LogP contribution in [0.5, 0.6) is 0 Å². The molecule has 1 aromatic carbocycles. The lowest BCUT2D eigenvalue weighted by atomic mass is 9.97. The first-order valence-electron chi connectivity index (χ1n) is 8.59. The second kappa shape index (κ2) is 7.43. The zero-order valence-corrected chi connectivity index (χ0v) is 14.4. The molecule has 1 aliphatic rings. The monoisotopic (exact) mass is 324 g/mol. The SMILES string of the molecule is Cc1cc(C)cc(-n2cc(C(=O)NCCC3=CCCCC3)nn2)c1. The standard InChI is InChI=1S/C19H24N4O/c1-14-10-15(2)12-17(11-14)23-13-18(21-22-23)19(24)20-9-8-16-6-4-3-5-7-16/h6,10-13H,3-5,7-9H2,1-2H3,(H,20,24). The Morgan fingerprint density at radius 1 is 1.21 bits per heavy atom. The maximum absolute atomic E-state index is 12.2. The minimum absolute atomic E-state index is 0.165. The first-order valence-corrected chi connectivity index (χ1v) is 8.59. The molecule has 0 spiro atoms. The highest BCUT2D eigenvalue weighted by atomic mass is 16.2. The minimum atomic E-state index is -0.165. The van der Waals surface area contributed by atoms with Gasteiger partial charge in [0.25, 0.3) is 5.91 Å².